The first-order chi connectivity index (χ1) is 2.83. The zero-order valence-electron chi connectivity index (χ0n) is 3.29. The largest absolute Gasteiger partial charge is 0.724 e. The van der Waals surface area contributed by atoms with Gasteiger partial charge in [-0.25, -0.2) is 0 Å². The van der Waals surface area contributed by atoms with Gasteiger partial charge >= 0.3 is 0 Å². The van der Waals surface area contributed by atoms with E-state index in [1.807, 2.05) is 0 Å². The molecule has 5 heteroatoms. The van der Waals surface area contributed by atoms with Crippen LogP contribution < -0.4 is 0 Å². The SMILES string of the molecule is [La].[N-]=C=O.[N-]=C=O. The number of carbonyl (C=O) groups excluding carboxylic acids is 2. The maximum Gasteiger partial charge on any atom is 0 e. The van der Waals surface area contributed by atoms with E-state index in [1.165, 1.54) is 0 Å². The molecule has 35 valence electrons. The second kappa shape index (κ2) is 38.3. The second-order valence-electron chi connectivity index (χ2n) is 0.183. The summed E-state index contributed by atoms with van der Waals surface area (Å²) >= 11 is 0. The maximum absolute atomic E-state index is 8.24. The van der Waals surface area contributed by atoms with E-state index < -0.39 is 0 Å². The number of hydrogen-bond acceptors (Lipinski definition) is 2. The molecule has 4 nitrogen and oxygen atoms in total. The Labute approximate surface area is 67.9 Å². The van der Waals surface area contributed by atoms with E-state index in [0.29, 0.717) is 12.2 Å². The van der Waals surface area contributed by atoms with E-state index in [1.54, 1.807) is 0 Å². The average molecular weight is 223 g/mol. The van der Waals surface area contributed by atoms with Crippen LogP contribution in [0.3, 0.4) is 0 Å². The Hall–Kier alpha value is -0.0452. The fraction of sp³-hybridized carbons (Fsp3) is 0. The molecule has 0 heterocycles. The Kier molecular flexibility index (Phi) is 86.2. The van der Waals surface area contributed by atoms with Crippen molar-refractivity contribution < 1.29 is 45.2 Å². The van der Waals surface area contributed by atoms with Gasteiger partial charge in [-0.3, -0.25) is 9.59 Å². The molecule has 0 saturated carbocycles. The molecule has 7 heavy (non-hydrogen) atoms. The van der Waals surface area contributed by atoms with Crippen LogP contribution in [0.1, 0.15) is 0 Å². The van der Waals surface area contributed by atoms with Gasteiger partial charge < -0.3 is 10.8 Å². The van der Waals surface area contributed by atoms with Crippen LogP contribution in [-0.4, -0.2) is 12.2 Å². The molecule has 0 saturated heterocycles. The van der Waals surface area contributed by atoms with Gasteiger partial charge in [0.1, 0.15) is 0 Å². The van der Waals surface area contributed by atoms with Crippen LogP contribution in [0.15, 0.2) is 0 Å². The Morgan fingerprint density at radius 3 is 1.00 bits per heavy atom. The van der Waals surface area contributed by atoms with Crippen molar-refractivity contribution in [3.8, 4) is 0 Å². The maximum atomic E-state index is 8.24. The molecule has 0 aromatic rings. The Bertz CT molecular complexity index is 67.7. The van der Waals surface area contributed by atoms with Crippen molar-refractivity contribution in [3.63, 3.8) is 0 Å². The minimum absolute atomic E-state index is 0. The van der Waals surface area contributed by atoms with Crippen LogP contribution in [-0.2, 0) is 9.59 Å². The van der Waals surface area contributed by atoms with Gasteiger partial charge in [0.25, 0.3) is 0 Å². The summed E-state index contributed by atoms with van der Waals surface area (Å²) in [5.41, 5.74) is 0. The fourth-order valence-corrected chi connectivity index (χ4v) is 0. The molecule has 0 spiro atoms. The van der Waals surface area contributed by atoms with Crippen molar-refractivity contribution in [2.24, 2.45) is 0 Å². The van der Waals surface area contributed by atoms with Crippen LogP contribution >= 0.6 is 0 Å². The standard InChI is InChI=1S/2CNO.La/c2*2-1-3;/q2*-1;. The molecule has 0 atom stereocenters. The first-order valence-electron chi connectivity index (χ1n) is 0.855. The summed E-state index contributed by atoms with van der Waals surface area (Å²) in [6, 6.07) is 0. The van der Waals surface area contributed by atoms with Crippen LogP contribution in [0.25, 0.3) is 10.8 Å². The molecule has 0 aromatic carbocycles. The van der Waals surface area contributed by atoms with E-state index in [2.05, 4.69) is 0 Å². The van der Waals surface area contributed by atoms with E-state index >= 15 is 0 Å². The summed E-state index contributed by atoms with van der Waals surface area (Å²) in [5.74, 6) is 0. The van der Waals surface area contributed by atoms with E-state index in [4.69, 9.17) is 20.4 Å². The monoisotopic (exact) mass is 223 g/mol. The Morgan fingerprint density at radius 2 is 1.00 bits per heavy atom. The summed E-state index contributed by atoms with van der Waals surface area (Å²) in [6.07, 6.45) is 1.00. The van der Waals surface area contributed by atoms with Gasteiger partial charge in [0.05, 0.1) is 0 Å². The molecule has 0 aliphatic rings. The average Bonchev–Trinajstić information content (AvgIpc) is 1.39. The van der Waals surface area contributed by atoms with E-state index in [9.17, 15) is 0 Å². The third-order valence-corrected chi connectivity index (χ3v) is 0. The first-order valence-corrected chi connectivity index (χ1v) is 0.855. The smallest absolute Gasteiger partial charge is 0 e. The second-order valence-corrected chi connectivity index (χ2v) is 0.183. The number of isocyanates is 2. The summed E-state index contributed by atoms with van der Waals surface area (Å²) in [5, 5.41) is 13.5. The normalized spacial score (nSPS) is 2.29. The molecule has 0 rings (SSSR count). The van der Waals surface area contributed by atoms with Crippen molar-refractivity contribution in [3.05, 3.63) is 10.8 Å². The van der Waals surface area contributed by atoms with Gasteiger partial charge in [-0.15, -0.1) is 0 Å². The third kappa shape index (κ3) is 45600. The van der Waals surface area contributed by atoms with Crippen LogP contribution in [0.2, 0.25) is 0 Å². The third-order valence-electron chi connectivity index (χ3n) is 0. The summed E-state index contributed by atoms with van der Waals surface area (Å²) < 4.78 is 0. The van der Waals surface area contributed by atoms with Crippen molar-refractivity contribution >= 4 is 12.2 Å². The molecule has 1 radical (unpaired) electrons. The van der Waals surface area contributed by atoms with Gasteiger partial charge in [-0.05, 0) is 12.2 Å². The molecular formula is C2LaN2O2-2. The quantitative estimate of drug-likeness (QED) is 0.420. The number of nitrogens with zero attached hydrogens (tertiary/aromatic N) is 2. The Morgan fingerprint density at radius 1 is 1.00 bits per heavy atom. The van der Waals surface area contributed by atoms with Gasteiger partial charge in [0.15, 0.2) is 0 Å². The van der Waals surface area contributed by atoms with Crippen molar-refractivity contribution in [2.75, 3.05) is 0 Å². The topological polar surface area (TPSA) is 78.7 Å². The summed E-state index contributed by atoms with van der Waals surface area (Å²) in [6.45, 7) is 0. The van der Waals surface area contributed by atoms with Gasteiger partial charge in [-0.2, -0.15) is 0 Å². The van der Waals surface area contributed by atoms with E-state index in [0.717, 1.165) is 0 Å². The molecule has 0 unspecified atom stereocenters. The first kappa shape index (κ1) is 15.8. The summed E-state index contributed by atoms with van der Waals surface area (Å²) in [7, 11) is 0. The van der Waals surface area contributed by atoms with Gasteiger partial charge in [0, 0.05) is 35.6 Å². The summed E-state index contributed by atoms with van der Waals surface area (Å²) in [4.78, 5) is 16.5. The van der Waals surface area contributed by atoms with E-state index in [-0.39, 0.29) is 35.6 Å². The fourth-order valence-electron chi connectivity index (χ4n) is 0. The molecule has 0 aliphatic carbocycles. The van der Waals surface area contributed by atoms with Crippen LogP contribution in [0, 0.1) is 35.6 Å². The van der Waals surface area contributed by atoms with Crippen molar-refractivity contribution in [2.45, 2.75) is 0 Å². The molecule has 0 aromatic heterocycles. The van der Waals surface area contributed by atoms with Gasteiger partial charge in [-0.1, -0.05) is 0 Å². The molecular weight excluding hydrogens is 223 g/mol. The number of rotatable bonds is 0. The minimum atomic E-state index is 0. The number of hydrogen-bond donors (Lipinski definition) is 0. The predicted octanol–water partition coefficient (Wildman–Crippen LogP) is -0.217. The zero-order valence-corrected chi connectivity index (χ0v) is 6.91. The zero-order chi connectivity index (χ0) is 5.41. The molecule has 0 fully saturated rings. The van der Waals surface area contributed by atoms with Gasteiger partial charge in [0.2, 0.25) is 0 Å². The minimum Gasteiger partial charge on any atom is -0.724 e. The predicted molar refractivity (Wildman–Crippen MR) is 18.1 cm³/mol. The molecule has 0 N–H and O–H groups in total. The molecule has 0 amide bonds. The van der Waals surface area contributed by atoms with Crippen molar-refractivity contribution in [1.29, 1.82) is 0 Å². The molecule has 0 bridgehead atoms. The Balaban J connectivity index is -0.0000000400. The molecule has 0 aliphatic heterocycles. The van der Waals surface area contributed by atoms with Crippen LogP contribution in [0.5, 0.6) is 0 Å². The van der Waals surface area contributed by atoms with Crippen molar-refractivity contribution in [1.82, 2.24) is 0 Å². The van der Waals surface area contributed by atoms with Crippen LogP contribution in [0.4, 0.5) is 0 Å².